The number of carbonyl (C=O) groups excluding carboxylic acids is 1. The smallest absolute Gasteiger partial charge is 0.323 e. The summed E-state index contributed by atoms with van der Waals surface area (Å²) in [6.07, 6.45) is 5.96. The summed E-state index contributed by atoms with van der Waals surface area (Å²) in [5, 5.41) is 1.20. The van der Waals surface area contributed by atoms with Gasteiger partial charge in [0, 0.05) is 35.5 Å². The molecule has 0 unspecified atom stereocenters. The van der Waals surface area contributed by atoms with E-state index in [9.17, 15) is 4.79 Å². The van der Waals surface area contributed by atoms with Crippen LogP contribution in [0, 0.1) is 5.92 Å². The second-order valence-corrected chi connectivity index (χ2v) is 9.22. The van der Waals surface area contributed by atoms with Crippen LogP contribution in [0.4, 0.5) is 0 Å². The van der Waals surface area contributed by atoms with Crippen LogP contribution in [0.1, 0.15) is 23.7 Å². The number of benzene rings is 1. The van der Waals surface area contributed by atoms with Gasteiger partial charge in [0.15, 0.2) is 0 Å². The number of nitrogens with zero attached hydrogens (tertiary/aromatic N) is 1. The van der Waals surface area contributed by atoms with Crippen molar-refractivity contribution in [2.75, 3.05) is 13.7 Å². The molecule has 0 radical (unpaired) electrons. The molecule has 0 amide bonds. The average Bonchev–Trinajstić information content (AvgIpc) is 3.33. The van der Waals surface area contributed by atoms with Crippen molar-refractivity contribution in [3.8, 4) is 0 Å². The van der Waals surface area contributed by atoms with Crippen LogP contribution in [0.15, 0.2) is 36.4 Å². The lowest BCUT2D eigenvalue weighted by Crippen LogP contribution is -2.50. The van der Waals surface area contributed by atoms with E-state index in [2.05, 4.69) is 56.2 Å². The number of halogens is 1. The number of methoxy groups -OCH3 is 1. The minimum Gasteiger partial charge on any atom is -0.468 e. The van der Waals surface area contributed by atoms with Gasteiger partial charge in [-0.1, -0.05) is 24.3 Å². The number of nitrogens with one attached hydrogen (secondary N) is 1. The number of alkyl halides is 1. The predicted octanol–water partition coefficient (Wildman–Crippen LogP) is 3.06. The Bertz CT molecular complexity index is 985. The summed E-state index contributed by atoms with van der Waals surface area (Å²) < 4.78 is 11.4. The number of carbonyl (C=O) groups is 1. The Morgan fingerprint density at radius 1 is 1.38 bits per heavy atom. The highest BCUT2D eigenvalue weighted by Gasteiger charge is 2.68. The van der Waals surface area contributed by atoms with Gasteiger partial charge < -0.3 is 14.5 Å². The zero-order chi connectivity index (χ0) is 17.7. The van der Waals surface area contributed by atoms with E-state index in [1.54, 1.807) is 0 Å². The maximum absolute atomic E-state index is 12.6. The maximum atomic E-state index is 12.6. The average molecular weight is 415 g/mol. The summed E-state index contributed by atoms with van der Waals surface area (Å²) in [6.45, 7) is 0.844. The first-order chi connectivity index (χ1) is 12.5. The van der Waals surface area contributed by atoms with Crippen molar-refractivity contribution in [2.24, 2.45) is 5.92 Å². The van der Waals surface area contributed by atoms with Gasteiger partial charge in [0.2, 0.25) is 0 Å². The van der Waals surface area contributed by atoms with Crippen molar-refractivity contribution in [3.63, 3.8) is 0 Å². The zero-order valence-electron chi connectivity index (χ0n) is 14.4. The molecule has 1 spiro atoms. The third kappa shape index (κ3) is 1.71. The lowest BCUT2D eigenvalue weighted by molar-refractivity contribution is -0.149. The molecule has 5 nitrogen and oxygen atoms in total. The molecule has 4 aliphatic heterocycles. The predicted molar refractivity (Wildman–Crippen MR) is 100.0 cm³/mol. The number of aromatic nitrogens is 1. The summed E-state index contributed by atoms with van der Waals surface area (Å²) in [4.78, 5) is 18.6. The molecule has 26 heavy (non-hydrogen) atoms. The van der Waals surface area contributed by atoms with Crippen molar-refractivity contribution in [1.29, 1.82) is 0 Å². The van der Waals surface area contributed by atoms with Crippen LogP contribution < -0.4 is 0 Å². The summed E-state index contributed by atoms with van der Waals surface area (Å²) in [7, 11) is 1.48. The fraction of sp³-hybridized carbons (Fsp3) is 0.450. The van der Waals surface area contributed by atoms with E-state index < -0.39 is 0 Å². The molecule has 2 aromatic rings. The second kappa shape index (κ2) is 4.80. The first-order valence-electron chi connectivity index (χ1n) is 9.07. The molecule has 5 atom stereocenters. The van der Waals surface area contributed by atoms with Crippen molar-refractivity contribution in [3.05, 3.63) is 47.7 Å². The topological polar surface area (TPSA) is 54.6 Å². The lowest BCUT2D eigenvalue weighted by Gasteiger charge is -2.40. The standard InChI is InChI=1S/C20H19BrN2O3/c1-25-18(24)15-8-13-12-4-2-3-5-14(12)22-16(13)17-20-7-6-19(21,26-20)9-11(20)10-23(15)17/h2-7,11,15,17,22H,8-10H2,1H3/t11-,15+,17+,19+,20-/m1/s1. The zero-order valence-corrected chi connectivity index (χ0v) is 16.0. The van der Waals surface area contributed by atoms with Crippen LogP contribution in [0.25, 0.3) is 10.9 Å². The highest BCUT2D eigenvalue weighted by molar-refractivity contribution is 9.10. The van der Waals surface area contributed by atoms with E-state index in [-0.39, 0.29) is 28.2 Å². The monoisotopic (exact) mass is 414 g/mol. The Labute approximate surface area is 159 Å². The summed E-state index contributed by atoms with van der Waals surface area (Å²) in [6, 6.07) is 8.07. The molecule has 0 saturated carbocycles. The number of esters is 1. The van der Waals surface area contributed by atoms with Gasteiger partial charge in [-0.15, -0.1) is 0 Å². The van der Waals surface area contributed by atoms with Crippen LogP contribution in [-0.2, 0) is 20.7 Å². The molecule has 0 aliphatic carbocycles. The maximum Gasteiger partial charge on any atom is 0.323 e. The van der Waals surface area contributed by atoms with Crippen molar-refractivity contribution in [2.45, 2.75) is 35.0 Å². The first-order valence-corrected chi connectivity index (χ1v) is 9.86. The van der Waals surface area contributed by atoms with Crippen LogP contribution in [0.3, 0.4) is 0 Å². The molecular formula is C20H19BrN2O3. The van der Waals surface area contributed by atoms with Crippen LogP contribution in [-0.4, -0.2) is 45.7 Å². The molecule has 134 valence electrons. The van der Waals surface area contributed by atoms with E-state index in [0.717, 1.165) is 18.5 Å². The molecule has 6 rings (SSSR count). The van der Waals surface area contributed by atoms with Crippen molar-refractivity contribution >= 4 is 32.8 Å². The van der Waals surface area contributed by atoms with Gasteiger partial charge >= 0.3 is 5.97 Å². The van der Waals surface area contributed by atoms with Gasteiger partial charge in [-0.25, -0.2) is 0 Å². The van der Waals surface area contributed by atoms with Crippen LogP contribution >= 0.6 is 15.9 Å². The van der Waals surface area contributed by atoms with Gasteiger partial charge in [-0.2, -0.15) is 0 Å². The summed E-state index contributed by atoms with van der Waals surface area (Å²) in [5.74, 6) is 0.204. The third-order valence-corrected chi connectivity index (χ3v) is 7.43. The van der Waals surface area contributed by atoms with Crippen molar-refractivity contribution in [1.82, 2.24) is 9.88 Å². The Morgan fingerprint density at radius 3 is 3.04 bits per heavy atom. The minimum absolute atomic E-state index is 0.00549. The molecule has 2 saturated heterocycles. The minimum atomic E-state index is -0.383. The third-order valence-electron chi connectivity index (χ3n) is 6.68. The van der Waals surface area contributed by atoms with Gasteiger partial charge in [-0.3, -0.25) is 9.69 Å². The molecule has 1 N–H and O–H groups in total. The first kappa shape index (κ1) is 15.4. The number of rotatable bonds is 1. The van der Waals surface area contributed by atoms with E-state index in [1.165, 1.54) is 23.8 Å². The molecule has 4 aliphatic rings. The number of H-pyrrole nitrogens is 1. The summed E-state index contributed by atoms with van der Waals surface area (Å²) in [5.41, 5.74) is 3.15. The number of para-hydroxylation sites is 1. The number of ether oxygens (including phenoxy) is 2. The highest BCUT2D eigenvalue weighted by atomic mass is 79.9. The quantitative estimate of drug-likeness (QED) is 0.442. The number of hydrogen-bond acceptors (Lipinski definition) is 4. The highest BCUT2D eigenvalue weighted by Crippen LogP contribution is 2.64. The van der Waals surface area contributed by atoms with E-state index in [0.29, 0.717) is 12.3 Å². The number of aromatic amines is 1. The largest absolute Gasteiger partial charge is 0.468 e. The molecule has 1 aromatic carbocycles. The number of fused-ring (bicyclic) bond motifs is 6. The lowest BCUT2D eigenvalue weighted by atomic mass is 9.78. The SMILES string of the molecule is COC(=O)[C@@H]1Cc2c([nH]c3ccccc23)[C@@H]2N1C[C@H]1C[C@]3(Br)C=C[C@@]12O3. The Hall–Kier alpha value is -1.63. The van der Waals surface area contributed by atoms with E-state index >= 15 is 0 Å². The van der Waals surface area contributed by atoms with Crippen LogP contribution in [0.5, 0.6) is 0 Å². The molecule has 6 heteroatoms. The molecule has 2 fully saturated rings. The van der Waals surface area contributed by atoms with Gasteiger partial charge in [0.1, 0.15) is 16.2 Å². The van der Waals surface area contributed by atoms with Crippen LogP contribution in [0.2, 0.25) is 0 Å². The Balaban J connectivity index is 1.59. The molecule has 1 aromatic heterocycles. The number of hydrogen-bond donors (Lipinski definition) is 1. The van der Waals surface area contributed by atoms with Crippen molar-refractivity contribution < 1.29 is 14.3 Å². The van der Waals surface area contributed by atoms with E-state index in [1.807, 2.05) is 6.07 Å². The van der Waals surface area contributed by atoms with E-state index in [4.69, 9.17) is 9.47 Å². The van der Waals surface area contributed by atoms with Gasteiger partial charge in [0.25, 0.3) is 0 Å². The second-order valence-electron chi connectivity index (χ2n) is 7.88. The Kier molecular flexibility index (Phi) is 2.85. The molecule has 2 bridgehead atoms. The molecule has 5 heterocycles. The molecular weight excluding hydrogens is 396 g/mol. The van der Waals surface area contributed by atoms with Gasteiger partial charge in [-0.05, 0) is 40.1 Å². The summed E-state index contributed by atoms with van der Waals surface area (Å²) >= 11 is 3.76. The fourth-order valence-electron chi connectivity index (χ4n) is 5.68. The fourth-order valence-corrected chi connectivity index (χ4v) is 6.48. The normalized spacial score (nSPS) is 39.8. The Morgan fingerprint density at radius 2 is 2.23 bits per heavy atom. The van der Waals surface area contributed by atoms with Gasteiger partial charge in [0.05, 0.1) is 13.2 Å².